The van der Waals surface area contributed by atoms with E-state index in [4.69, 9.17) is 27.6 Å². The van der Waals surface area contributed by atoms with Crippen molar-refractivity contribution in [3.8, 4) is 11.1 Å². The summed E-state index contributed by atoms with van der Waals surface area (Å²) in [5.41, 5.74) is -0.0919. The first-order valence-corrected chi connectivity index (χ1v) is 11.1. The third-order valence-electron chi connectivity index (χ3n) is 5.78. The van der Waals surface area contributed by atoms with Crippen LogP contribution in [-0.4, -0.2) is 46.4 Å². The van der Waals surface area contributed by atoms with E-state index in [1.54, 1.807) is 6.07 Å². The van der Waals surface area contributed by atoms with Crippen LogP contribution in [0.2, 0.25) is 10.2 Å². The van der Waals surface area contributed by atoms with Crippen molar-refractivity contribution in [1.29, 1.82) is 0 Å². The number of nitrogens with zero attached hydrogens (tertiary/aromatic N) is 4. The van der Waals surface area contributed by atoms with Gasteiger partial charge in [0.1, 0.15) is 5.15 Å². The van der Waals surface area contributed by atoms with Crippen LogP contribution in [0.25, 0.3) is 16.8 Å². The third-order valence-corrected chi connectivity index (χ3v) is 6.46. The molecular weight excluding hydrogens is 492 g/mol. The molecule has 1 aromatic carbocycles. The number of imidazole rings is 1. The van der Waals surface area contributed by atoms with E-state index in [9.17, 15) is 18.0 Å². The maximum atomic E-state index is 13.8. The first-order chi connectivity index (χ1) is 16.2. The van der Waals surface area contributed by atoms with Crippen LogP contribution < -0.4 is 4.90 Å². The zero-order valence-electron chi connectivity index (χ0n) is 17.5. The quantitative estimate of drug-likeness (QED) is 0.346. The molecule has 5 rings (SSSR count). The van der Waals surface area contributed by atoms with Gasteiger partial charge >= 0.3 is 6.18 Å². The van der Waals surface area contributed by atoms with Crippen LogP contribution in [0, 0.1) is 0 Å². The number of halogens is 5. The molecule has 3 aromatic heterocycles. The minimum Gasteiger partial charge on any atom is -0.472 e. The lowest BCUT2D eigenvalue weighted by Crippen LogP contribution is -2.49. The molecule has 0 N–H and O–H groups in total. The lowest BCUT2D eigenvalue weighted by atomic mass is 10.1. The van der Waals surface area contributed by atoms with E-state index in [0.717, 1.165) is 16.2 Å². The van der Waals surface area contributed by atoms with E-state index >= 15 is 0 Å². The summed E-state index contributed by atoms with van der Waals surface area (Å²) in [5.74, 6) is -0.523. The standard InChI is InChI=1S/C23H17Cl2F3N4O2/c24-17-3-1-2-4-18(17)30-6-8-31(9-7-30)22(33)19-20(25)32-12-15(14-5-10-34-13-14)11-16(21(32)29-19)23(26,27)28/h1-5,10-13H,6-9H2. The molecule has 4 aromatic rings. The van der Waals surface area contributed by atoms with Crippen LogP contribution in [-0.2, 0) is 6.18 Å². The van der Waals surface area contributed by atoms with Crippen molar-refractivity contribution < 1.29 is 22.4 Å². The highest BCUT2D eigenvalue weighted by molar-refractivity contribution is 6.33. The normalized spacial score (nSPS) is 14.7. The number of piperazine rings is 1. The number of benzene rings is 1. The van der Waals surface area contributed by atoms with E-state index in [1.165, 1.54) is 29.7 Å². The first-order valence-electron chi connectivity index (χ1n) is 10.3. The number of amides is 1. The fourth-order valence-electron chi connectivity index (χ4n) is 4.06. The molecule has 11 heteroatoms. The summed E-state index contributed by atoms with van der Waals surface area (Å²) in [5, 5.41) is 0.433. The molecule has 34 heavy (non-hydrogen) atoms. The van der Waals surface area contributed by atoms with Crippen molar-refractivity contribution in [2.75, 3.05) is 31.1 Å². The lowest BCUT2D eigenvalue weighted by Gasteiger charge is -2.36. The molecule has 1 amide bonds. The van der Waals surface area contributed by atoms with Crippen molar-refractivity contribution in [3.05, 3.63) is 76.6 Å². The van der Waals surface area contributed by atoms with Gasteiger partial charge in [0, 0.05) is 43.5 Å². The number of fused-ring (bicyclic) bond motifs is 1. The molecule has 0 spiro atoms. The van der Waals surface area contributed by atoms with Crippen molar-refractivity contribution in [3.63, 3.8) is 0 Å². The van der Waals surface area contributed by atoms with Crippen molar-refractivity contribution in [1.82, 2.24) is 14.3 Å². The number of furan rings is 1. The molecular formula is C23H17Cl2F3N4O2. The third kappa shape index (κ3) is 3.99. The van der Waals surface area contributed by atoms with Crippen LogP contribution in [0.1, 0.15) is 16.1 Å². The summed E-state index contributed by atoms with van der Waals surface area (Å²) in [6, 6.07) is 9.92. The van der Waals surface area contributed by atoms with Gasteiger partial charge in [0.2, 0.25) is 0 Å². The summed E-state index contributed by atoms with van der Waals surface area (Å²) in [7, 11) is 0. The van der Waals surface area contributed by atoms with Gasteiger partial charge in [-0.2, -0.15) is 13.2 Å². The number of pyridine rings is 1. The van der Waals surface area contributed by atoms with E-state index in [-0.39, 0.29) is 16.4 Å². The Hall–Kier alpha value is -3.17. The lowest BCUT2D eigenvalue weighted by molar-refractivity contribution is -0.136. The summed E-state index contributed by atoms with van der Waals surface area (Å²) in [6.07, 6.45) is -0.594. The van der Waals surface area contributed by atoms with Gasteiger partial charge in [-0.05, 0) is 24.3 Å². The number of para-hydroxylation sites is 1. The number of alkyl halides is 3. The number of carbonyl (C=O) groups excluding carboxylic acids is 1. The first kappa shape index (κ1) is 22.6. The zero-order chi connectivity index (χ0) is 24.0. The number of carbonyl (C=O) groups is 1. The van der Waals surface area contributed by atoms with E-state index < -0.39 is 23.3 Å². The van der Waals surface area contributed by atoms with Gasteiger partial charge in [0.05, 0.1) is 28.8 Å². The van der Waals surface area contributed by atoms with E-state index in [0.29, 0.717) is 36.8 Å². The van der Waals surface area contributed by atoms with Gasteiger partial charge in [-0.25, -0.2) is 4.98 Å². The topological polar surface area (TPSA) is 54.0 Å². The predicted molar refractivity (Wildman–Crippen MR) is 122 cm³/mol. The summed E-state index contributed by atoms with van der Waals surface area (Å²) in [6.45, 7) is 1.72. The minimum atomic E-state index is -4.70. The minimum absolute atomic E-state index is 0.177. The Labute approximate surface area is 202 Å². The average molecular weight is 509 g/mol. The van der Waals surface area contributed by atoms with Crippen molar-refractivity contribution >= 4 is 40.4 Å². The van der Waals surface area contributed by atoms with Crippen LogP contribution >= 0.6 is 23.2 Å². The maximum Gasteiger partial charge on any atom is 0.420 e. The van der Waals surface area contributed by atoms with Crippen LogP contribution in [0.3, 0.4) is 0 Å². The Morgan fingerprint density at radius 2 is 1.76 bits per heavy atom. The summed E-state index contributed by atoms with van der Waals surface area (Å²) in [4.78, 5) is 20.8. The Bertz CT molecular complexity index is 1360. The Morgan fingerprint density at radius 1 is 1.03 bits per heavy atom. The number of rotatable bonds is 3. The fraction of sp³-hybridized carbons (Fsp3) is 0.217. The summed E-state index contributed by atoms with van der Waals surface area (Å²) < 4.78 is 47.6. The zero-order valence-corrected chi connectivity index (χ0v) is 19.0. The second-order valence-corrected chi connectivity index (χ2v) is 8.59. The molecule has 176 valence electrons. The van der Waals surface area contributed by atoms with E-state index in [1.807, 2.05) is 18.2 Å². The predicted octanol–water partition coefficient (Wildman–Crippen LogP) is 5.88. The molecule has 0 bridgehead atoms. The maximum absolute atomic E-state index is 13.8. The SMILES string of the molecule is O=C(c1nc2c(C(F)(F)F)cc(-c3ccoc3)cn2c1Cl)N1CCN(c2ccccc2Cl)CC1. The molecule has 0 saturated carbocycles. The molecule has 1 fully saturated rings. The average Bonchev–Trinajstić information content (AvgIpc) is 3.47. The Kier molecular flexibility index (Phi) is 5.69. The molecule has 1 aliphatic rings. The summed E-state index contributed by atoms with van der Waals surface area (Å²) >= 11 is 12.7. The second kappa shape index (κ2) is 8.56. The fourth-order valence-corrected chi connectivity index (χ4v) is 4.56. The van der Waals surface area contributed by atoms with Gasteiger partial charge in [0.25, 0.3) is 5.91 Å². The monoisotopic (exact) mass is 508 g/mol. The molecule has 6 nitrogen and oxygen atoms in total. The molecule has 0 atom stereocenters. The largest absolute Gasteiger partial charge is 0.472 e. The molecule has 1 aliphatic heterocycles. The highest BCUT2D eigenvalue weighted by Gasteiger charge is 2.37. The van der Waals surface area contributed by atoms with Gasteiger partial charge in [0.15, 0.2) is 11.3 Å². The number of hydrogen-bond donors (Lipinski definition) is 0. The van der Waals surface area contributed by atoms with Crippen LogP contribution in [0.5, 0.6) is 0 Å². The Morgan fingerprint density at radius 3 is 2.41 bits per heavy atom. The number of aromatic nitrogens is 2. The van der Waals surface area contributed by atoms with Crippen molar-refractivity contribution in [2.45, 2.75) is 6.18 Å². The Balaban J connectivity index is 1.47. The molecule has 1 saturated heterocycles. The van der Waals surface area contributed by atoms with Gasteiger partial charge in [-0.15, -0.1) is 0 Å². The van der Waals surface area contributed by atoms with Crippen molar-refractivity contribution in [2.24, 2.45) is 0 Å². The number of anilines is 1. The van der Waals surface area contributed by atoms with Gasteiger partial charge in [-0.1, -0.05) is 35.3 Å². The second-order valence-electron chi connectivity index (χ2n) is 7.83. The van der Waals surface area contributed by atoms with Crippen LogP contribution in [0.4, 0.5) is 18.9 Å². The molecule has 0 radical (unpaired) electrons. The molecule has 4 heterocycles. The van der Waals surface area contributed by atoms with Crippen LogP contribution in [0.15, 0.2) is 59.5 Å². The highest BCUT2D eigenvalue weighted by atomic mass is 35.5. The highest BCUT2D eigenvalue weighted by Crippen LogP contribution is 2.37. The molecule has 0 unspecified atom stereocenters. The smallest absolute Gasteiger partial charge is 0.420 e. The number of hydrogen-bond acceptors (Lipinski definition) is 4. The molecule has 0 aliphatic carbocycles. The van der Waals surface area contributed by atoms with Gasteiger partial charge in [-0.3, -0.25) is 9.20 Å². The van der Waals surface area contributed by atoms with Gasteiger partial charge < -0.3 is 14.2 Å². The van der Waals surface area contributed by atoms with E-state index in [2.05, 4.69) is 9.88 Å².